The molecule has 0 radical (unpaired) electrons. The summed E-state index contributed by atoms with van der Waals surface area (Å²) in [6, 6.07) is 15.3. The average molecular weight is 491 g/mol. The molecule has 1 aromatic heterocycles. The maximum Gasteiger partial charge on any atom is 0.273 e. The van der Waals surface area contributed by atoms with Gasteiger partial charge in [0, 0.05) is 30.3 Å². The predicted molar refractivity (Wildman–Crippen MR) is 130 cm³/mol. The normalized spacial score (nSPS) is 11.3. The third kappa shape index (κ3) is 5.57. The van der Waals surface area contributed by atoms with Crippen molar-refractivity contribution < 1.29 is 19.0 Å². The van der Waals surface area contributed by atoms with Crippen molar-refractivity contribution in [3.63, 3.8) is 0 Å². The number of non-ortho nitro benzene ring substituents is 2. The number of aromatic nitrogens is 1. The van der Waals surface area contributed by atoms with E-state index in [0.29, 0.717) is 21.3 Å². The number of rotatable bonds is 7. The smallest absolute Gasteiger partial charge is 0.267 e. The highest BCUT2D eigenvalue weighted by molar-refractivity contribution is 7.22. The van der Waals surface area contributed by atoms with Crippen LogP contribution in [-0.4, -0.2) is 27.0 Å². The van der Waals surface area contributed by atoms with E-state index >= 15 is 0 Å². The number of hydrogen-bond acceptors (Lipinski definition) is 8. The summed E-state index contributed by atoms with van der Waals surface area (Å²) < 4.78 is 14.1. The minimum Gasteiger partial charge on any atom is -0.267 e. The van der Waals surface area contributed by atoms with Crippen LogP contribution in [0, 0.1) is 26.0 Å². The Hall–Kier alpha value is -4.84. The first-order valence-electron chi connectivity index (χ1n) is 9.91. The monoisotopic (exact) mass is 491 g/mol. The molecular weight excluding hydrogens is 477 g/mol. The quantitative estimate of drug-likeness (QED) is 0.148. The van der Waals surface area contributed by atoms with Gasteiger partial charge in [-0.1, -0.05) is 23.5 Å². The van der Waals surface area contributed by atoms with Crippen LogP contribution in [0.15, 0.2) is 77.9 Å². The summed E-state index contributed by atoms with van der Waals surface area (Å²) in [4.78, 5) is 38.2. The molecule has 35 heavy (non-hydrogen) atoms. The highest BCUT2D eigenvalue weighted by atomic mass is 32.1. The number of nitro benzene ring substituents is 2. The first-order valence-corrected chi connectivity index (χ1v) is 10.7. The predicted octanol–water partition coefficient (Wildman–Crippen LogP) is 5.33. The maximum atomic E-state index is 13.6. The van der Waals surface area contributed by atoms with Crippen LogP contribution >= 0.6 is 11.3 Å². The van der Waals surface area contributed by atoms with Crippen molar-refractivity contribution in [2.24, 2.45) is 5.10 Å². The molecule has 1 heterocycles. The lowest BCUT2D eigenvalue weighted by atomic mass is 10.2. The molecule has 0 aliphatic carbocycles. The van der Waals surface area contributed by atoms with Gasteiger partial charge in [-0.15, -0.1) is 0 Å². The molecule has 0 N–H and O–H groups in total. The van der Waals surface area contributed by atoms with Crippen LogP contribution in [0.25, 0.3) is 16.3 Å². The van der Waals surface area contributed by atoms with Gasteiger partial charge in [0.1, 0.15) is 5.82 Å². The van der Waals surface area contributed by atoms with Crippen LogP contribution in [0.5, 0.6) is 0 Å². The van der Waals surface area contributed by atoms with Crippen molar-refractivity contribution >= 4 is 56.3 Å². The number of anilines is 1. The molecular formula is C23H14FN5O5S. The Morgan fingerprint density at radius 1 is 0.971 bits per heavy atom. The van der Waals surface area contributed by atoms with Crippen molar-refractivity contribution in [2.75, 3.05) is 5.01 Å². The molecule has 12 heteroatoms. The number of fused-ring (bicyclic) bond motifs is 1. The summed E-state index contributed by atoms with van der Waals surface area (Å²) in [6.07, 6.45) is 3.91. The molecule has 0 fully saturated rings. The average Bonchev–Trinajstić information content (AvgIpc) is 3.26. The Kier molecular flexibility index (Phi) is 6.64. The second-order valence-corrected chi connectivity index (χ2v) is 8.05. The summed E-state index contributed by atoms with van der Waals surface area (Å²) in [5, 5.41) is 27.2. The Balaban J connectivity index is 1.67. The Labute approximate surface area is 200 Å². The SMILES string of the molecule is O=C(/C=C/c1cccc([N+](=O)[O-])c1)N(/N=C/c1ccc([N+](=O)[O-])cc1)c1nc2ccc(F)cc2s1. The number of benzene rings is 3. The topological polar surface area (TPSA) is 132 Å². The summed E-state index contributed by atoms with van der Waals surface area (Å²) in [7, 11) is 0. The van der Waals surface area contributed by atoms with Crippen molar-refractivity contribution in [2.45, 2.75) is 0 Å². The molecule has 0 spiro atoms. The van der Waals surface area contributed by atoms with E-state index in [1.165, 1.54) is 79.0 Å². The first kappa shape index (κ1) is 23.3. The van der Waals surface area contributed by atoms with Crippen molar-refractivity contribution in [1.82, 2.24) is 4.98 Å². The van der Waals surface area contributed by atoms with E-state index in [0.717, 1.165) is 16.3 Å². The second kappa shape index (κ2) is 9.97. The lowest BCUT2D eigenvalue weighted by Crippen LogP contribution is -2.23. The van der Waals surface area contributed by atoms with Crippen molar-refractivity contribution in [3.8, 4) is 0 Å². The molecule has 0 atom stereocenters. The van der Waals surface area contributed by atoms with E-state index in [9.17, 15) is 29.4 Å². The van der Waals surface area contributed by atoms with E-state index < -0.39 is 21.6 Å². The van der Waals surface area contributed by atoms with Gasteiger partial charge in [0.2, 0.25) is 5.13 Å². The van der Waals surface area contributed by atoms with Gasteiger partial charge in [-0.05, 0) is 47.5 Å². The molecule has 0 bridgehead atoms. The molecule has 10 nitrogen and oxygen atoms in total. The third-order valence-corrected chi connectivity index (χ3v) is 5.65. The van der Waals surface area contributed by atoms with E-state index in [-0.39, 0.29) is 16.5 Å². The van der Waals surface area contributed by atoms with Crippen LogP contribution < -0.4 is 5.01 Å². The van der Waals surface area contributed by atoms with E-state index in [4.69, 9.17) is 0 Å². The number of carbonyl (C=O) groups is 1. The number of thiazole rings is 1. The Morgan fingerprint density at radius 3 is 2.43 bits per heavy atom. The largest absolute Gasteiger partial charge is 0.273 e. The molecule has 0 saturated heterocycles. The van der Waals surface area contributed by atoms with Gasteiger partial charge in [-0.2, -0.15) is 10.1 Å². The van der Waals surface area contributed by atoms with Crippen LogP contribution in [-0.2, 0) is 4.79 Å². The fraction of sp³-hybridized carbons (Fsp3) is 0. The molecule has 0 saturated carbocycles. The van der Waals surface area contributed by atoms with Gasteiger partial charge >= 0.3 is 0 Å². The molecule has 0 aliphatic heterocycles. The van der Waals surface area contributed by atoms with Gasteiger partial charge in [0.05, 0.1) is 26.3 Å². The van der Waals surface area contributed by atoms with Gasteiger partial charge in [-0.3, -0.25) is 25.0 Å². The van der Waals surface area contributed by atoms with Gasteiger partial charge in [-0.25, -0.2) is 9.37 Å². The Bertz CT molecular complexity index is 1500. The molecule has 1 amide bonds. The zero-order valence-corrected chi connectivity index (χ0v) is 18.5. The first-order chi connectivity index (χ1) is 16.8. The molecule has 174 valence electrons. The molecule has 0 unspecified atom stereocenters. The number of carbonyl (C=O) groups excluding carboxylic acids is 1. The maximum absolute atomic E-state index is 13.6. The number of nitrogens with zero attached hydrogens (tertiary/aromatic N) is 5. The molecule has 4 aromatic rings. The van der Waals surface area contributed by atoms with Crippen LogP contribution in [0.2, 0.25) is 0 Å². The number of nitro groups is 2. The van der Waals surface area contributed by atoms with Crippen molar-refractivity contribution in [3.05, 3.63) is 110 Å². The van der Waals surface area contributed by atoms with Gasteiger partial charge in [0.25, 0.3) is 17.3 Å². The van der Waals surface area contributed by atoms with Crippen LogP contribution in [0.3, 0.4) is 0 Å². The highest BCUT2D eigenvalue weighted by Crippen LogP contribution is 2.30. The van der Waals surface area contributed by atoms with Crippen LogP contribution in [0.1, 0.15) is 11.1 Å². The lowest BCUT2D eigenvalue weighted by Gasteiger charge is -2.11. The van der Waals surface area contributed by atoms with Crippen LogP contribution in [0.4, 0.5) is 20.9 Å². The lowest BCUT2D eigenvalue weighted by molar-refractivity contribution is -0.385. The zero-order chi connectivity index (χ0) is 24.9. The highest BCUT2D eigenvalue weighted by Gasteiger charge is 2.18. The van der Waals surface area contributed by atoms with Gasteiger partial charge in [0.15, 0.2) is 0 Å². The van der Waals surface area contributed by atoms with Gasteiger partial charge < -0.3 is 0 Å². The number of amides is 1. The number of halogens is 1. The summed E-state index contributed by atoms with van der Waals surface area (Å²) >= 11 is 1.05. The zero-order valence-electron chi connectivity index (χ0n) is 17.6. The number of hydrazone groups is 1. The minimum atomic E-state index is -0.616. The molecule has 0 aliphatic rings. The molecule has 4 rings (SSSR count). The summed E-state index contributed by atoms with van der Waals surface area (Å²) in [5.74, 6) is -1.07. The molecule has 3 aromatic carbocycles. The van der Waals surface area contributed by atoms with E-state index in [1.807, 2.05) is 0 Å². The summed E-state index contributed by atoms with van der Waals surface area (Å²) in [5.41, 5.74) is 1.17. The second-order valence-electron chi connectivity index (χ2n) is 7.04. The Morgan fingerprint density at radius 2 is 1.71 bits per heavy atom. The minimum absolute atomic E-state index is 0.0943. The fourth-order valence-electron chi connectivity index (χ4n) is 2.96. The van der Waals surface area contributed by atoms with E-state index in [1.54, 1.807) is 6.07 Å². The standard InChI is InChI=1S/C23H14FN5O5S/c24-17-7-10-20-21(13-17)35-23(26-20)27(25-14-16-4-8-18(9-5-16)28(31)32)22(30)11-6-15-2-1-3-19(12-15)29(33)34/h1-14H/b11-6+,25-14+. The summed E-state index contributed by atoms with van der Waals surface area (Å²) in [6.45, 7) is 0. The van der Waals surface area contributed by atoms with Crippen molar-refractivity contribution in [1.29, 1.82) is 0 Å². The van der Waals surface area contributed by atoms with E-state index in [2.05, 4.69) is 10.1 Å². The fourth-order valence-corrected chi connectivity index (χ4v) is 3.92. The third-order valence-electron chi connectivity index (χ3n) is 4.65. The number of hydrogen-bond donors (Lipinski definition) is 0.